The summed E-state index contributed by atoms with van der Waals surface area (Å²) in [4.78, 5) is 16.8. The molecule has 114 valence electrons. The Kier molecular flexibility index (Phi) is 3.62. The SMILES string of the molecule is Cc1nc(C)c(COc2ccc3oc(C)c(C(=O)O)c3c2)s1. The van der Waals surface area contributed by atoms with Crippen LogP contribution in [0.2, 0.25) is 0 Å². The molecule has 3 aromatic rings. The van der Waals surface area contributed by atoms with E-state index in [0.29, 0.717) is 29.1 Å². The topological polar surface area (TPSA) is 72.6 Å². The Morgan fingerprint density at radius 3 is 2.77 bits per heavy atom. The molecule has 0 aliphatic carbocycles. The first-order chi connectivity index (χ1) is 10.5. The number of furan rings is 1. The Balaban J connectivity index is 1.90. The Hall–Kier alpha value is -2.34. The van der Waals surface area contributed by atoms with Crippen molar-refractivity contribution in [2.24, 2.45) is 0 Å². The second-order valence-electron chi connectivity index (χ2n) is 5.03. The van der Waals surface area contributed by atoms with Crippen LogP contribution in [0.1, 0.15) is 31.7 Å². The first-order valence-corrected chi connectivity index (χ1v) is 7.59. The number of hydrogen-bond donors (Lipinski definition) is 1. The number of ether oxygens (including phenoxy) is 1. The summed E-state index contributed by atoms with van der Waals surface area (Å²) in [6, 6.07) is 5.22. The zero-order chi connectivity index (χ0) is 15.9. The van der Waals surface area contributed by atoms with E-state index in [2.05, 4.69) is 4.98 Å². The van der Waals surface area contributed by atoms with Crippen LogP contribution in [0.25, 0.3) is 11.0 Å². The summed E-state index contributed by atoms with van der Waals surface area (Å²) in [7, 11) is 0. The van der Waals surface area contributed by atoms with Crippen molar-refractivity contribution in [1.82, 2.24) is 4.98 Å². The molecule has 5 nitrogen and oxygen atoms in total. The molecule has 3 rings (SSSR count). The van der Waals surface area contributed by atoms with Crippen LogP contribution >= 0.6 is 11.3 Å². The van der Waals surface area contributed by atoms with Gasteiger partial charge in [-0.15, -0.1) is 11.3 Å². The van der Waals surface area contributed by atoms with E-state index in [-0.39, 0.29) is 5.56 Å². The summed E-state index contributed by atoms with van der Waals surface area (Å²) in [5, 5.41) is 10.8. The van der Waals surface area contributed by atoms with Crippen molar-refractivity contribution in [1.29, 1.82) is 0 Å². The number of carboxylic acid groups (broad SMARTS) is 1. The monoisotopic (exact) mass is 317 g/mol. The molecule has 0 bridgehead atoms. The molecule has 0 unspecified atom stereocenters. The van der Waals surface area contributed by atoms with Gasteiger partial charge in [0.1, 0.15) is 29.3 Å². The third-order valence-electron chi connectivity index (χ3n) is 3.42. The molecule has 1 aromatic carbocycles. The van der Waals surface area contributed by atoms with Crippen molar-refractivity contribution in [2.75, 3.05) is 0 Å². The molecule has 0 amide bonds. The van der Waals surface area contributed by atoms with E-state index in [1.54, 1.807) is 36.5 Å². The zero-order valence-electron chi connectivity index (χ0n) is 12.5. The minimum atomic E-state index is -0.998. The molecule has 6 heteroatoms. The van der Waals surface area contributed by atoms with Gasteiger partial charge in [0.2, 0.25) is 0 Å². The average molecular weight is 317 g/mol. The van der Waals surface area contributed by atoms with E-state index in [4.69, 9.17) is 9.15 Å². The van der Waals surface area contributed by atoms with Crippen LogP contribution in [0.15, 0.2) is 22.6 Å². The van der Waals surface area contributed by atoms with Crippen molar-refractivity contribution in [2.45, 2.75) is 27.4 Å². The average Bonchev–Trinajstić information content (AvgIpc) is 2.94. The van der Waals surface area contributed by atoms with Crippen LogP contribution in [0.5, 0.6) is 5.75 Å². The number of fused-ring (bicyclic) bond motifs is 1. The number of benzene rings is 1. The molecule has 0 aliphatic heterocycles. The summed E-state index contributed by atoms with van der Waals surface area (Å²) in [5.41, 5.74) is 1.70. The molecule has 0 atom stereocenters. The van der Waals surface area contributed by atoms with Gasteiger partial charge < -0.3 is 14.3 Å². The van der Waals surface area contributed by atoms with Gasteiger partial charge in [-0.05, 0) is 39.0 Å². The summed E-state index contributed by atoms with van der Waals surface area (Å²) in [6.07, 6.45) is 0. The lowest BCUT2D eigenvalue weighted by molar-refractivity contribution is 0.0697. The third-order valence-corrected chi connectivity index (χ3v) is 4.47. The lowest BCUT2D eigenvalue weighted by atomic mass is 10.1. The van der Waals surface area contributed by atoms with Crippen LogP contribution in [0.4, 0.5) is 0 Å². The number of nitrogens with zero attached hydrogens (tertiary/aromatic N) is 1. The van der Waals surface area contributed by atoms with E-state index < -0.39 is 5.97 Å². The maximum Gasteiger partial charge on any atom is 0.339 e. The molecule has 22 heavy (non-hydrogen) atoms. The number of aromatic carboxylic acids is 1. The second kappa shape index (κ2) is 5.46. The van der Waals surface area contributed by atoms with E-state index in [1.165, 1.54) is 0 Å². The van der Waals surface area contributed by atoms with Crippen LogP contribution in [-0.4, -0.2) is 16.1 Å². The summed E-state index contributed by atoms with van der Waals surface area (Å²) in [6.45, 7) is 5.98. The molecule has 0 saturated heterocycles. The molecular weight excluding hydrogens is 302 g/mol. The second-order valence-corrected chi connectivity index (χ2v) is 6.31. The number of carbonyl (C=O) groups is 1. The van der Waals surface area contributed by atoms with E-state index >= 15 is 0 Å². The van der Waals surface area contributed by atoms with Gasteiger partial charge in [-0.1, -0.05) is 0 Å². The van der Waals surface area contributed by atoms with Crippen molar-refractivity contribution in [3.63, 3.8) is 0 Å². The van der Waals surface area contributed by atoms with Crippen LogP contribution < -0.4 is 4.74 Å². The number of aryl methyl sites for hydroxylation is 3. The number of rotatable bonds is 4. The fraction of sp³-hybridized carbons (Fsp3) is 0.250. The van der Waals surface area contributed by atoms with Crippen molar-refractivity contribution in [3.8, 4) is 5.75 Å². The minimum Gasteiger partial charge on any atom is -0.488 e. The van der Waals surface area contributed by atoms with Gasteiger partial charge in [-0.3, -0.25) is 0 Å². The maximum atomic E-state index is 11.3. The molecule has 0 spiro atoms. The third kappa shape index (κ3) is 2.57. The Labute approximate surface area is 131 Å². The molecule has 1 N–H and O–H groups in total. The molecule has 0 radical (unpaired) electrons. The number of carboxylic acids is 1. The first kappa shape index (κ1) is 14.6. The molecule has 2 aromatic heterocycles. The highest BCUT2D eigenvalue weighted by atomic mass is 32.1. The van der Waals surface area contributed by atoms with Crippen molar-refractivity contribution in [3.05, 3.63) is 45.1 Å². The van der Waals surface area contributed by atoms with Gasteiger partial charge in [0, 0.05) is 5.39 Å². The van der Waals surface area contributed by atoms with Gasteiger partial charge in [0.15, 0.2) is 0 Å². The van der Waals surface area contributed by atoms with E-state index in [0.717, 1.165) is 15.6 Å². The lowest BCUT2D eigenvalue weighted by Crippen LogP contribution is -1.97. The summed E-state index contributed by atoms with van der Waals surface area (Å²) in [5.74, 6) is 0.0113. The smallest absolute Gasteiger partial charge is 0.339 e. The Morgan fingerprint density at radius 1 is 1.36 bits per heavy atom. The van der Waals surface area contributed by atoms with Crippen molar-refractivity contribution < 1.29 is 19.1 Å². The largest absolute Gasteiger partial charge is 0.488 e. The van der Waals surface area contributed by atoms with E-state index in [9.17, 15) is 9.90 Å². The summed E-state index contributed by atoms with van der Waals surface area (Å²) < 4.78 is 11.2. The number of thiazole rings is 1. The highest BCUT2D eigenvalue weighted by molar-refractivity contribution is 7.11. The van der Waals surface area contributed by atoms with Gasteiger partial charge in [-0.25, -0.2) is 9.78 Å². The van der Waals surface area contributed by atoms with Gasteiger partial charge in [-0.2, -0.15) is 0 Å². The molecule has 0 fully saturated rings. The standard InChI is InChI=1S/C16H15NO4S/c1-8-14(22-10(3)17-8)7-20-11-4-5-13-12(6-11)15(16(18)19)9(2)21-13/h4-6H,7H2,1-3H3,(H,18,19). The van der Waals surface area contributed by atoms with Gasteiger partial charge in [0.25, 0.3) is 0 Å². The highest BCUT2D eigenvalue weighted by Crippen LogP contribution is 2.30. The zero-order valence-corrected chi connectivity index (χ0v) is 13.3. The lowest BCUT2D eigenvalue weighted by Gasteiger charge is -2.05. The van der Waals surface area contributed by atoms with Crippen LogP contribution in [0, 0.1) is 20.8 Å². The Morgan fingerprint density at radius 2 is 2.14 bits per heavy atom. The Bertz CT molecular complexity index is 863. The molecule has 0 aliphatic rings. The summed E-state index contributed by atoms with van der Waals surface area (Å²) >= 11 is 1.60. The highest BCUT2D eigenvalue weighted by Gasteiger charge is 2.18. The number of aromatic nitrogens is 1. The fourth-order valence-electron chi connectivity index (χ4n) is 2.41. The van der Waals surface area contributed by atoms with Gasteiger partial charge >= 0.3 is 5.97 Å². The normalized spacial score (nSPS) is 11.0. The molecule has 0 saturated carbocycles. The van der Waals surface area contributed by atoms with Crippen molar-refractivity contribution >= 4 is 28.3 Å². The first-order valence-electron chi connectivity index (χ1n) is 6.78. The molecular formula is C16H15NO4S. The number of hydrogen-bond acceptors (Lipinski definition) is 5. The predicted octanol–water partition coefficient (Wildman–Crippen LogP) is 4.09. The predicted molar refractivity (Wildman–Crippen MR) is 83.8 cm³/mol. The quantitative estimate of drug-likeness (QED) is 0.784. The molecule has 2 heterocycles. The minimum absolute atomic E-state index is 0.185. The fourth-order valence-corrected chi connectivity index (χ4v) is 3.26. The van der Waals surface area contributed by atoms with E-state index in [1.807, 2.05) is 13.8 Å². The van der Waals surface area contributed by atoms with Crippen LogP contribution in [-0.2, 0) is 6.61 Å². The van der Waals surface area contributed by atoms with Crippen LogP contribution in [0.3, 0.4) is 0 Å². The van der Waals surface area contributed by atoms with Gasteiger partial charge in [0.05, 0.1) is 15.6 Å². The maximum absolute atomic E-state index is 11.3.